The summed E-state index contributed by atoms with van der Waals surface area (Å²) < 4.78 is 33.3. The van der Waals surface area contributed by atoms with Crippen LogP contribution in [0.4, 0.5) is 0 Å². The summed E-state index contributed by atoms with van der Waals surface area (Å²) in [6.45, 7) is 2.59. The summed E-state index contributed by atoms with van der Waals surface area (Å²) in [7, 11) is -1.93. The number of methoxy groups -OCH3 is 1. The summed E-state index contributed by atoms with van der Waals surface area (Å²) in [5.74, 6) is 0.475. The number of hydrogen-bond donors (Lipinski definition) is 1. The van der Waals surface area contributed by atoms with Crippen LogP contribution in [-0.4, -0.2) is 38.8 Å². The molecule has 0 saturated carbocycles. The highest BCUT2D eigenvalue weighted by Gasteiger charge is 2.32. The van der Waals surface area contributed by atoms with Crippen LogP contribution in [-0.2, 0) is 14.8 Å². The number of sulfonamides is 1. The van der Waals surface area contributed by atoms with Gasteiger partial charge >= 0.3 is 0 Å². The van der Waals surface area contributed by atoms with Crippen LogP contribution in [0.15, 0.2) is 57.9 Å². The molecule has 6 nitrogen and oxygen atoms in total. The van der Waals surface area contributed by atoms with Gasteiger partial charge in [0.05, 0.1) is 18.0 Å². The minimum atomic E-state index is -3.54. The second-order valence-corrected chi connectivity index (χ2v) is 9.96. The molecule has 1 fully saturated rings. The summed E-state index contributed by atoms with van der Waals surface area (Å²) in [5, 5.41) is 3.04. The molecule has 2 aromatic carbocycles. The molecule has 1 amide bonds. The fourth-order valence-corrected chi connectivity index (χ4v) is 5.28. The van der Waals surface area contributed by atoms with Crippen molar-refractivity contribution in [3.63, 3.8) is 0 Å². The molecule has 29 heavy (non-hydrogen) atoms. The zero-order valence-corrected chi connectivity index (χ0v) is 18.9. The van der Waals surface area contributed by atoms with Crippen LogP contribution in [0.2, 0.25) is 0 Å². The van der Waals surface area contributed by atoms with Crippen molar-refractivity contribution >= 4 is 31.9 Å². The molecule has 1 aliphatic rings. The Morgan fingerprint density at radius 2 is 1.76 bits per heavy atom. The van der Waals surface area contributed by atoms with Gasteiger partial charge in [-0.15, -0.1) is 0 Å². The van der Waals surface area contributed by atoms with E-state index in [0.717, 1.165) is 15.8 Å². The number of benzene rings is 2. The Labute approximate surface area is 180 Å². The molecule has 0 radical (unpaired) electrons. The van der Waals surface area contributed by atoms with Crippen molar-refractivity contribution in [2.75, 3.05) is 20.2 Å². The van der Waals surface area contributed by atoms with Gasteiger partial charge in [-0.05, 0) is 50.1 Å². The number of halogens is 1. The van der Waals surface area contributed by atoms with E-state index in [1.54, 1.807) is 31.4 Å². The van der Waals surface area contributed by atoms with Gasteiger partial charge < -0.3 is 10.1 Å². The highest BCUT2D eigenvalue weighted by molar-refractivity contribution is 9.10. The monoisotopic (exact) mass is 480 g/mol. The largest absolute Gasteiger partial charge is 0.496 e. The Bertz CT molecular complexity index is 955. The number of para-hydroxylation sites is 1. The van der Waals surface area contributed by atoms with Gasteiger partial charge in [0.25, 0.3) is 0 Å². The maximum Gasteiger partial charge on any atom is 0.243 e. The van der Waals surface area contributed by atoms with Gasteiger partial charge in [0, 0.05) is 29.0 Å². The van der Waals surface area contributed by atoms with Crippen molar-refractivity contribution in [2.45, 2.75) is 30.7 Å². The molecular formula is C21H25BrN2O4S. The summed E-state index contributed by atoms with van der Waals surface area (Å²) in [5.41, 5.74) is 0.915. The Hall–Kier alpha value is -1.90. The first-order chi connectivity index (χ1) is 13.8. The van der Waals surface area contributed by atoms with Crippen LogP contribution in [0.25, 0.3) is 0 Å². The second kappa shape index (κ2) is 9.28. The lowest BCUT2D eigenvalue weighted by molar-refractivity contribution is -0.126. The number of ether oxygens (including phenoxy) is 1. The molecule has 1 atom stereocenters. The fraction of sp³-hybridized carbons (Fsp3) is 0.381. The van der Waals surface area contributed by atoms with Gasteiger partial charge in [-0.2, -0.15) is 4.31 Å². The molecule has 0 aliphatic carbocycles. The van der Waals surface area contributed by atoms with E-state index in [0.29, 0.717) is 25.9 Å². The Balaban J connectivity index is 1.60. The van der Waals surface area contributed by atoms with Crippen molar-refractivity contribution in [3.8, 4) is 5.75 Å². The van der Waals surface area contributed by atoms with Gasteiger partial charge in [-0.3, -0.25) is 4.79 Å². The van der Waals surface area contributed by atoms with E-state index in [4.69, 9.17) is 4.74 Å². The first-order valence-corrected chi connectivity index (χ1v) is 11.7. The van der Waals surface area contributed by atoms with E-state index in [2.05, 4.69) is 21.2 Å². The number of hydrogen-bond acceptors (Lipinski definition) is 4. The van der Waals surface area contributed by atoms with Crippen molar-refractivity contribution in [1.29, 1.82) is 0 Å². The lowest BCUT2D eigenvalue weighted by Crippen LogP contribution is -2.43. The second-order valence-electron chi connectivity index (χ2n) is 7.10. The highest BCUT2D eigenvalue weighted by atomic mass is 79.9. The molecule has 0 bridgehead atoms. The van der Waals surface area contributed by atoms with Crippen molar-refractivity contribution in [1.82, 2.24) is 9.62 Å². The standard InChI is InChI=1S/C21H25BrN2O4S/c1-15(19-5-3-4-6-20(19)28-2)23-21(25)16-11-13-24(14-12-16)29(26,27)18-9-7-17(22)8-10-18/h3-10,15-16H,11-14H2,1-2H3,(H,23,25). The van der Waals surface area contributed by atoms with E-state index in [9.17, 15) is 13.2 Å². The summed E-state index contributed by atoms with van der Waals surface area (Å²) in [6.07, 6.45) is 1.00. The molecule has 1 N–H and O–H groups in total. The molecule has 156 valence electrons. The Kier molecular flexibility index (Phi) is 6.97. The van der Waals surface area contributed by atoms with Crippen molar-refractivity contribution < 1.29 is 17.9 Å². The maximum atomic E-state index is 12.8. The molecule has 0 spiro atoms. The highest BCUT2D eigenvalue weighted by Crippen LogP contribution is 2.27. The van der Waals surface area contributed by atoms with Gasteiger partial charge in [0.1, 0.15) is 5.75 Å². The topological polar surface area (TPSA) is 75.7 Å². The van der Waals surface area contributed by atoms with Gasteiger partial charge in [0.15, 0.2) is 0 Å². The van der Waals surface area contributed by atoms with Crippen LogP contribution in [0.3, 0.4) is 0 Å². The number of rotatable bonds is 6. The minimum Gasteiger partial charge on any atom is -0.496 e. The van der Waals surface area contributed by atoms with Crippen LogP contribution in [0.5, 0.6) is 5.75 Å². The normalized spacial score (nSPS) is 16.9. The number of piperidine rings is 1. The van der Waals surface area contributed by atoms with E-state index in [1.807, 2.05) is 31.2 Å². The van der Waals surface area contributed by atoms with Crippen molar-refractivity contribution in [2.24, 2.45) is 5.92 Å². The quantitative estimate of drug-likeness (QED) is 0.682. The molecule has 1 aliphatic heterocycles. The zero-order chi connectivity index (χ0) is 21.0. The Morgan fingerprint density at radius 1 is 1.14 bits per heavy atom. The van der Waals surface area contributed by atoms with Gasteiger partial charge in [0.2, 0.25) is 15.9 Å². The van der Waals surface area contributed by atoms with E-state index in [-0.39, 0.29) is 22.8 Å². The first-order valence-electron chi connectivity index (χ1n) is 9.52. The van der Waals surface area contributed by atoms with Crippen molar-refractivity contribution in [3.05, 3.63) is 58.6 Å². The lowest BCUT2D eigenvalue weighted by atomic mass is 9.96. The molecule has 1 unspecified atom stereocenters. The molecule has 3 rings (SSSR count). The van der Waals surface area contributed by atoms with Gasteiger partial charge in [-0.25, -0.2) is 8.42 Å². The average Bonchev–Trinajstić information content (AvgIpc) is 2.74. The first kappa shape index (κ1) is 21.8. The smallest absolute Gasteiger partial charge is 0.243 e. The minimum absolute atomic E-state index is 0.0518. The summed E-state index contributed by atoms with van der Waals surface area (Å²) in [4.78, 5) is 13.0. The number of nitrogens with zero attached hydrogens (tertiary/aromatic N) is 1. The Morgan fingerprint density at radius 3 is 2.38 bits per heavy atom. The zero-order valence-electron chi connectivity index (χ0n) is 16.5. The SMILES string of the molecule is COc1ccccc1C(C)NC(=O)C1CCN(S(=O)(=O)c2ccc(Br)cc2)CC1. The maximum absolute atomic E-state index is 12.8. The number of amides is 1. The van der Waals surface area contributed by atoms with Crippen LogP contribution in [0, 0.1) is 5.92 Å². The summed E-state index contributed by atoms with van der Waals surface area (Å²) in [6, 6.07) is 14.0. The average molecular weight is 481 g/mol. The van der Waals surface area contributed by atoms with Gasteiger partial charge in [-0.1, -0.05) is 34.1 Å². The van der Waals surface area contributed by atoms with E-state index < -0.39 is 10.0 Å². The van der Waals surface area contributed by atoms with E-state index >= 15 is 0 Å². The molecule has 8 heteroatoms. The number of carbonyl (C=O) groups excluding carboxylic acids is 1. The predicted octanol–water partition coefficient (Wildman–Crippen LogP) is 3.74. The lowest BCUT2D eigenvalue weighted by Gasteiger charge is -2.31. The van der Waals surface area contributed by atoms with Crippen LogP contribution < -0.4 is 10.1 Å². The molecule has 0 aromatic heterocycles. The fourth-order valence-electron chi connectivity index (χ4n) is 3.55. The number of nitrogens with one attached hydrogen (secondary N) is 1. The number of carbonyl (C=O) groups is 1. The molecule has 2 aromatic rings. The third kappa shape index (κ3) is 4.99. The van der Waals surface area contributed by atoms with E-state index in [1.165, 1.54) is 4.31 Å². The molecular weight excluding hydrogens is 456 g/mol. The van der Waals surface area contributed by atoms with Crippen LogP contribution >= 0.6 is 15.9 Å². The third-order valence-corrected chi connectivity index (χ3v) is 7.68. The molecule has 1 heterocycles. The molecule has 1 saturated heterocycles. The van der Waals surface area contributed by atoms with Crippen LogP contribution in [0.1, 0.15) is 31.4 Å². The summed E-state index contributed by atoms with van der Waals surface area (Å²) >= 11 is 3.32. The predicted molar refractivity (Wildman–Crippen MR) is 115 cm³/mol. The third-order valence-electron chi connectivity index (χ3n) is 5.24.